The average Bonchev–Trinajstić information content (AvgIpc) is 2.38. The Morgan fingerprint density at radius 1 is 1.65 bits per heavy atom. The van der Waals surface area contributed by atoms with Crippen LogP contribution in [-0.4, -0.2) is 31.7 Å². The summed E-state index contributed by atoms with van der Waals surface area (Å²) in [6.45, 7) is 0.691. The molecule has 1 heterocycles. The zero-order chi connectivity index (χ0) is 12.7. The molecule has 90 valence electrons. The second-order valence-electron chi connectivity index (χ2n) is 3.62. The van der Waals surface area contributed by atoms with E-state index in [0.717, 1.165) is 5.82 Å². The Balaban J connectivity index is 2.49. The van der Waals surface area contributed by atoms with Gasteiger partial charge in [0.2, 0.25) is 0 Å². The highest BCUT2D eigenvalue weighted by Crippen LogP contribution is 2.11. The summed E-state index contributed by atoms with van der Waals surface area (Å²) in [7, 11) is 3.25. The number of nitrogens with zero attached hydrogens (tertiary/aromatic N) is 3. The molecule has 0 amide bonds. The molecular weight excluding hydrogens is 218 g/mol. The van der Waals surface area contributed by atoms with E-state index in [1.807, 2.05) is 11.9 Å². The highest BCUT2D eigenvalue weighted by molar-refractivity contribution is 5.69. The number of nitriles is 1. The lowest BCUT2D eigenvalue weighted by molar-refractivity contribution is -0.140. The number of rotatable bonds is 5. The number of pyridine rings is 1. The Kier molecular flexibility index (Phi) is 4.95. The van der Waals surface area contributed by atoms with Crippen LogP contribution in [0.4, 0.5) is 5.82 Å². The molecule has 0 spiro atoms. The number of ether oxygens (including phenoxy) is 1. The fourth-order valence-electron chi connectivity index (χ4n) is 1.37. The summed E-state index contributed by atoms with van der Waals surface area (Å²) in [6, 6.07) is 5.44. The van der Waals surface area contributed by atoms with Crippen molar-refractivity contribution in [2.45, 2.75) is 12.8 Å². The zero-order valence-corrected chi connectivity index (χ0v) is 10.0. The third kappa shape index (κ3) is 4.11. The van der Waals surface area contributed by atoms with Crippen LogP contribution in [0.2, 0.25) is 0 Å². The summed E-state index contributed by atoms with van der Waals surface area (Å²) in [4.78, 5) is 17.0. The predicted octanol–water partition coefficient (Wildman–Crippen LogP) is 1.34. The first-order valence-corrected chi connectivity index (χ1v) is 5.31. The number of esters is 1. The van der Waals surface area contributed by atoms with Crippen molar-refractivity contribution in [3.05, 3.63) is 23.9 Å². The van der Waals surface area contributed by atoms with E-state index in [-0.39, 0.29) is 5.97 Å². The summed E-state index contributed by atoms with van der Waals surface area (Å²) in [5.41, 5.74) is 0.579. The number of aromatic nitrogens is 1. The molecule has 0 radical (unpaired) electrons. The Labute approximate surface area is 101 Å². The van der Waals surface area contributed by atoms with Crippen LogP contribution < -0.4 is 4.90 Å². The largest absolute Gasteiger partial charge is 0.469 e. The minimum absolute atomic E-state index is 0.211. The van der Waals surface area contributed by atoms with Crippen LogP contribution in [0.25, 0.3) is 0 Å². The van der Waals surface area contributed by atoms with Gasteiger partial charge in [-0.25, -0.2) is 4.98 Å². The summed E-state index contributed by atoms with van der Waals surface area (Å²) < 4.78 is 4.56. The first-order valence-electron chi connectivity index (χ1n) is 5.31. The molecule has 0 unspecified atom stereocenters. The second-order valence-corrected chi connectivity index (χ2v) is 3.62. The minimum atomic E-state index is -0.211. The van der Waals surface area contributed by atoms with Crippen LogP contribution in [0.15, 0.2) is 18.3 Å². The normalized spacial score (nSPS) is 9.47. The summed E-state index contributed by atoms with van der Waals surface area (Å²) in [5, 5.41) is 8.77. The topological polar surface area (TPSA) is 66.2 Å². The molecule has 0 aliphatic rings. The Hall–Kier alpha value is -2.09. The first-order chi connectivity index (χ1) is 8.17. The zero-order valence-electron chi connectivity index (χ0n) is 10.0. The molecule has 5 nitrogen and oxygen atoms in total. The Morgan fingerprint density at radius 2 is 2.41 bits per heavy atom. The predicted molar refractivity (Wildman–Crippen MR) is 63.5 cm³/mol. The molecule has 0 fully saturated rings. The van der Waals surface area contributed by atoms with Gasteiger partial charge in [0, 0.05) is 26.2 Å². The molecule has 5 heteroatoms. The SMILES string of the molecule is COC(=O)CCCN(C)c1cc(C#N)ccn1. The Bertz CT molecular complexity index is 426. The van der Waals surface area contributed by atoms with Gasteiger partial charge in [-0.3, -0.25) is 4.79 Å². The number of carbonyl (C=O) groups excluding carboxylic acids is 1. The molecule has 17 heavy (non-hydrogen) atoms. The van der Waals surface area contributed by atoms with Gasteiger partial charge in [0.25, 0.3) is 0 Å². The van der Waals surface area contributed by atoms with Crippen molar-refractivity contribution in [2.24, 2.45) is 0 Å². The molecule has 0 N–H and O–H groups in total. The maximum atomic E-state index is 10.9. The van der Waals surface area contributed by atoms with Gasteiger partial charge >= 0.3 is 5.97 Å². The van der Waals surface area contributed by atoms with Crippen molar-refractivity contribution in [3.8, 4) is 6.07 Å². The molecule has 0 aromatic carbocycles. The number of methoxy groups -OCH3 is 1. The van der Waals surface area contributed by atoms with Crippen LogP contribution in [0.1, 0.15) is 18.4 Å². The standard InChI is InChI=1S/C12H15N3O2/c1-15(7-3-4-12(16)17-2)11-8-10(9-13)5-6-14-11/h5-6,8H,3-4,7H2,1-2H3. The van der Waals surface area contributed by atoms with Gasteiger partial charge in [-0.2, -0.15) is 5.26 Å². The van der Waals surface area contributed by atoms with E-state index in [4.69, 9.17) is 5.26 Å². The monoisotopic (exact) mass is 233 g/mol. The van der Waals surface area contributed by atoms with Crippen molar-refractivity contribution in [3.63, 3.8) is 0 Å². The molecule has 0 bridgehead atoms. The molecule has 1 aromatic rings. The first kappa shape index (κ1) is 13.0. The van der Waals surface area contributed by atoms with Gasteiger partial charge in [0.1, 0.15) is 5.82 Å². The number of anilines is 1. The number of hydrogen-bond donors (Lipinski definition) is 0. The fourth-order valence-corrected chi connectivity index (χ4v) is 1.37. The van der Waals surface area contributed by atoms with Crippen molar-refractivity contribution >= 4 is 11.8 Å². The summed E-state index contributed by atoms with van der Waals surface area (Å²) in [5.74, 6) is 0.519. The fraction of sp³-hybridized carbons (Fsp3) is 0.417. The van der Waals surface area contributed by atoms with E-state index >= 15 is 0 Å². The van der Waals surface area contributed by atoms with Crippen LogP contribution in [0, 0.1) is 11.3 Å². The molecule has 0 saturated heterocycles. The lowest BCUT2D eigenvalue weighted by Crippen LogP contribution is -2.20. The Morgan fingerprint density at radius 3 is 3.06 bits per heavy atom. The van der Waals surface area contributed by atoms with E-state index in [1.54, 1.807) is 18.3 Å². The molecule has 0 aliphatic heterocycles. The van der Waals surface area contributed by atoms with Gasteiger partial charge in [-0.15, -0.1) is 0 Å². The minimum Gasteiger partial charge on any atom is -0.469 e. The van der Waals surface area contributed by atoms with Gasteiger partial charge in [0.05, 0.1) is 18.7 Å². The summed E-state index contributed by atoms with van der Waals surface area (Å²) in [6.07, 6.45) is 2.69. The molecular formula is C12H15N3O2. The molecule has 0 aliphatic carbocycles. The molecule has 1 rings (SSSR count). The second kappa shape index (κ2) is 6.48. The van der Waals surface area contributed by atoms with Gasteiger partial charge in [0.15, 0.2) is 0 Å². The van der Waals surface area contributed by atoms with Crippen LogP contribution in [0.3, 0.4) is 0 Å². The van der Waals surface area contributed by atoms with E-state index in [9.17, 15) is 4.79 Å². The maximum Gasteiger partial charge on any atom is 0.305 e. The van der Waals surface area contributed by atoms with Crippen molar-refractivity contribution in [1.82, 2.24) is 4.98 Å². The molecule has 1 aromatic heterocycles. The van der Waals surface area contributed by atoms with Crippen molar-refractivity contribution in [2.75, 3.05) is 25.6 Å². The third-order valence-corrected chi connectivity index (χ3v) is 2.37. The van der Waals surface area contributed by atoms with Gasteiger partial charge < -0.3 is 9.64 Å². The third-order valence-electron chi connectivity index (χ3n) is 2.37. The van der Waals surface area contributed by atoms with Gasteiger partial charge in [-0.1, -0.05) is 0 Å². The van der Waals surface area contributed by atoms with Crippen molar-refractivity contribution in [1.29, 1.82) is 5.26 Å². The van der Waals surface area contributed by atoms with Crippen LogP contribution >= 0.6 is 0 Å². The lowest BCUT2D eigenvalue weighted by atomic mass is 10.2. The average molecular weight is 233 g/mol. The van der Waals surface area contributed by atoms with Gasteiger partial charge in [-0.05, 0) is 18.6 Å². The number of hydrogen-bond acceptors (Lipinski definition) is 5. The molecule has 0 atom stereocenters. The van der Waals surface area contributed by atoms with E-state index < -0.39 is 0 Å². The smallest absolute Gasteiger partial charge is 0.305 e. The van der Waals surface area contributed by atoms with E-state index in [2.05, 4.69) is 15.8 Å². The highest BCUT2D eigenvalue weighted by Gasteiger charge is 2.05. The van der Waals surface area contributed by atoms with Crippen LogP contribution in [0.5, 0.6) is 0 Å². The maximum absolute atomic E-state index is 10.9. The summed E-state index contributed by atoms with van der Waals surface area (Å²) >= 11 is 0. The lowest BCUT2D eigenvalue weighted by Gasteiger charge is -2.17. The number of carbonyl (C=O) groups is 1. The quantitative estimate of drug-likeness (QED) is 0.718. The van der Waals surface area contributed by atoms with E-state index in [1.165, 1.54) is 7.11 Å². The van der Waals surface area contributed by atoms with Crippen molar-refractivity contribution < 1.29 is 9.53 Å². The van der Waals surface area contributed by atoms with E-state index in [0.29, 0.717) is 24.9 Å². The highest BCUT2D eigenvalue weighted by atomic mass is 16.5. The molecule has 0 saturated carbocycles. The van der Waals surface area contributed by atoms with Crippen LogP contribution in [-0.2, 0) is 9.53 Å².